The second kappa shape index (κ2) is 6.23. The molecule has 0 radical (unpaired) electrons. The number of anilines is 1. The lowest BCUT2D eigenvalue weighted by Crippen LogP contribution is -2.33. The SMILES string of the molecule is CN[C@@H](C)C1CCN(c2c(F)cc3c(=O)[nH]c(=O)n(C4CC4)c3c2C)C1. The van der Waals surface area contributed by atoms with E-state index in [1.165, 1.54) is 6.07 Å². The molecule has 1 saturated carbocycles. The van der Waals surface area contributed by atoms with Gasteiger partial charge in [0.1, 0.15) is 5.82 Å². The van der Waals surface area contributed by atoms with Gasteiger partial charge in [0.2, 0.25) is 0 Å². The lowest BCUT2D eigenvalue weighted by molar-refractivity contribution is 0.428. The van der Waals surface area contributed by atoms with Crippen molar-refractivity contribution in [2.75, 3.05) is 25.0 Å². The molecule has 6 nitrogen and oxygen atoms in total. The van der Waals surface area contributed by atoms with Gasteiger partial charge in [0, 0.05) is 30.7 Å². The van der Waals surface area contributed by atoms with Gasteiger partial charge < -0.3 is 10.2 Å². The van der Waals surface area contributed by atoms with E-state index in [0.717, 1.165) is 32.4 Å². The topological polar surface area (TPSA) is 70.1 Å². The fourth-order valence-electron chi connectivity index (χ4n) is 4.27. The largest absolute Gasteiger partial charge is 0.369 e. The number of aryl methyl sites for hydroxylation is 1. The molecule has 4 rings (SSSR count). The number of nitrogens with one attached hydrogen (secondary N) is 2. The zero-order valence-corrected chi connectivity index (χ0v) is 15.4. The van der Waals surface area contributed by atoms with Crippen molar-refractivity contribution in [3.8, 4) is 0 Å². The standard InChI is InChI=1S/C19H25FN4O2/c1-10-16-14(18(25)22-19(26)24(16)13-4-5-13)8-15(20)17(10)23-7-6-12(9-23)11(2)21-3/h8,11-13,21H,4-7,9H2,1-3H3,(H,22,25,26)/t11-,12?/m0/s1. The van der Waals surface area contributed by atoms with Gasteiger partial charge in [0.05, 0.1) is 16.6 Å². The van der Waals surface area contributed by atoms with Gasteiger partial charge in [-0.25, -0.2) is 9.18 Å². The van der Waals surface area contributed by atoms with Crippen molar-refractivity contribution < 1.29 is 4.39 Å². The minimum atomic E-state index is -0.515. The smallest absolute Gasteiger partial charge is 0.329 e. The van der Waals surface area contributed by atoms with Crippen LogP contribution in [0.25, 0.3) is 10.9 Å². The Balaban J connectivity index is 1.88. The van der Waals surface area contributed by atoms with E-state index in [-0.39, 0.29) is 17.2 Å². The van der Waals surface area contributed by atoms with Crippen molar-refractivity contribution in [3.05, 3.63) is 38.3 Å². The number of aromatic nitrogens is 2. The predicted molar refractivity (Wildman–Crippen MR) is 101 cm³/mol. The van der Waals surface area contributed by atoms with Crippen LogP contribution in [0.5, 0.6) is 0 Å². The highest BCUT2D eigenvalue weighted by atomic mass is 19.1. The molecule has 7 heteroatoms. The molecular weight excluding hydrogens is 335 g/mol. The van der Waals surface area contributed by atoms with Crippen molar-refractivity contribution >= 4 is 16.6 Å². The molecule has 0 amide bonds. The number of H-pyrrole nitrogens is 1. The molecule has 0 spiro atoms. The van der Waals surface area contributed by atoms with Crippen molar-refractivity contribution in [1.82, 2.24) is 14.9 Å². The van der Waals surface area contributed by atoms with Crippen LogP contribution < -0.4 is 21.5 Å². The summed E-state index contributed by atoms with van der Waals surface area (Å²) < 4.78 is 16.6. The fraction of sp³-hybridized carbons (Fsp3) is 0.579. The lowest BCUT2D eigenvalue weighted by atomic mass is 10.0. The molecule has 26 heavy (non-hydrogen) atoms. The molecule has 1 saturated heterocycles. The van der Waals surface area contributed by atoms with E-state index < -0.39 is 11.2 Å². The molecule has 2 atom stereocenters. The van der Waals surface area contributed by atoms with Crippen LogP contribution >= 0.6 is 0 Å². The fourth-order valence-corrected chi connectivity index (χ4v) is 4.27. The molecule has 140 valence electrons. The maximum Gasteiger partial charge on any atom is 0.329 e. The second-order valence-corrected chi connectivity index (χ2v) is 7.66. The van der Waals surface area contributed by atoms with Crippen LogP contribution in [-0.2, 0) is 0 Å². The average Bonchev–Trinajstić information content (AvgIpc) is 3.32. The van der Waals surface area contributed by atoms with Crippen LogP contribution in [0.4, 0.5) is 10.1 Å². The highest BCUT2D eigenvalue weighted by Crippen LogP contribution is 2.39. The number of nitrogens with zero attached hydrogens (tertiary/aromatic N) is 2. The van der Waals surface area contributed by atoms with Gasteiger partial charge in [0.25, 0.3) is 5.56 Å². The molecule has 1 aliphatic carbocycles. The molecule has 2 N–H and O–H groups in total. The third-order valence-corrected chi connectivity index (χ3v) is 6.00. The summed E-state index contributed by atoms with van der Waals surface area (Å²) in [7, 11) is 1.94. The van der Waals surface area contributed by atoms with Crippen LogP contribution in [0.1, 0.15) is 37.8 Å². The molecule has 2 aromatic rings. The molecule has 2 aliphatic rings. The van der Waals surface area contributed by atoms with Gasteiger partial charge in [-0.1, -0.05) is 0 Å². The van der Waals surface area contributed by atoms with Gasteiger partial charge in [-0.15, -0.1) is 0 Å². The van der Waals surface area contributed by atoms with Crippen LogP contribution in [0.15, 0.2) is 15.7 Å². The highest BCUT2D eigenvalue weighted by molar-refractivity contribution is 5.87. The van der Waals surface area contributed by atoms with E-state index in [2.05, 4.69) is 22.1 Å². The first-order valence-corrected chi connectivity index (χ1v) is 9.32. The number of fused-ring (bicyclic) bond motifs is 1. The molecule has 0 bridgehead atoms. The Bertz CT molecular complexity index is 976. The van der Waals surface area contributed by atoms with Gasteiger partial charge in [-0.2, -0.15) is 0 Å². The summed E-state index contributed by atoms with van der Waals surface area (Å²) in [4.78, 5) is 29.0. The van der Waals surface area contributed by atoms with E-state index in [9.17, 15) is 14.0 Å². The van der Waals surface area contributed by atoms with Crippen LogP contribution in [-0.4, -0.2) is 35.7 Å². The Morgan fingerprint density at radius 3 is 2.69 bits per heavy atom. The number of benzene rings is 1. The first kappa shape index (κ1) is 17.3. The predicted octanol–water partition coefficient (Wildman–Crippen LogP) is 1.91. The average molecular weight is 360 g/mol. The van der Waals surface area contributed by atoms with Crippen molar-refractivity contribution in [3.63, 3.8) is 0 Å². The van der Waals surface area contributed by atoms with Crippen LogP contribution in [0.3, 0.4) is 0 Å². The molecule has 1 aromatic carbocycles. The van der Waals surface area contributed by atoms with Gasteiger partial charge in [0.15, 0.2) is 0 Å². The quantitative estimate of drug-likeness (QED) is 0.874. The van der Waals surface area contributed by atoms with E-state index in [0.29, 0.717) is 28.7 Å². The normalized spacial score (nSPS) is 21.5. The number of hydrogen-bond donors (Lipinski definition) is 2. The van der Waals surface area contributed by atoms with Crippen molar-refractivity contribution in [2.45, 2.75) is 45.2 Å². The first-order chi connectivity index (χ1) is 12.4. The maximum atomic E-state index is 15.0. The Morgan fingerprint density at radius 1 is 1.31 bits per heavy atom. The van der Waals surface area contributed by atoms with Crippen LogP contribution in [0, 0.1) is 18.7 Å². The van der Waals surface area contributed by atoms with E-state index in [1.54, 1.807) is 4.57 Å². The van der Waals surface area contributed by atoms with Crippen molar-refractivity contribution in [1.29, 1.82) is 0 Å². The Kier molecular flexibility index (Phi) is 4.14. The first-order valence-electron chi connectivity index (χ1n) is 9.32. The lowest BCUT2D eigenvalue weighted by Gasteiger charge is -2.25. The molecule has 1 unspecified atom stereocenters. The second-order valence-electron chi connectivity index (χ2n) is 7.66. The van der Waals surface area contributed by atoms with Crippen LogP contribution in [0.2, 0.25) is 0 Å². The summed E-state index contributed by atoms with van der Waals surface area (Å²) in [5.74, 6) is 0.0542. The minimum absolute atomic E-state index is 0.106. The number of halogens is 1. The Labute approximate surface area is 151 Å². The third-order valence-electron chi connectivity index (χ3n) is 6.00. The summed E-state index contributed by atoms with van der Waals surface area (Å²) in [5, 5.41) is 3.53. The Hall–Kier alpha value is -2.15. The van der Waals surface area contributed by atoms with Gasteiger partial charge in [-0.3, -0.25) is 14.3 Å². The summed E-state index contributed by atoms with van der Waals surface area (Å²) in [6.45, 7) is 5.51. The molecule has 1 aromatic heterocycles. The highest BCUT2D eigenvalue weighted by Gasteiger charge is 2.32. The number of rotatable bonds is 4. The number of aromatic amines is 1. The molecule has 2 fully saturated rings. The molecule has 2 heterocycles. The zero-order chi connectivity index (χ0) is 18.6. The summed E-state index contributed by atoms with van der Waals surface area (Å²) in [6, 6.07) is 1.76. The summed E-state index contributed by atoms with van der Waals surface area (Å²) in [6.07, 6.45) is 2.82. The molecular formula is C19H25FN4O2. The monoisotopic (exact) mass is 360 g/mol. The number of hydrogen-bond acceptors (Lipinski definition) is 4. The summed E-state index contributed by atoms with van der Waals surface area (Å²) in [5.41, 5.74) is 0.894. The van der Waals surface area contributed by atoms with E-state index >= 15 is 0 Å². The molecule has 1 aliphatic heterocycles. The van der Waals surface area contributed by atoms with Gasteiger partial charge >= 0.3 is 5.69 Å². The van der Waals surface area contributed by atoms with Crippen molar-refractivity contribution in [2.24, 2.45) is 5.92 Å². The third kappa shape index (κ3) is 2.65. The zero-order valence-electron chi connectivity index (χ0n) is 15.4. The van der Waals surface area contributed by atoms with Gasteiger partial charge in [-0.05, 0) is 52.1 Å². The van der Waals surface area contributed by atoms with E-state index in [1.807, 2.05) is 14.0 Å². The maximum absolute atomic E-state index is 15.0. The Morgan fingerprint density at radius 2 is 2.04 bits per heavy atom. The minimum Gasteiger partial charge on any atom is -0.369 e. The summed E-state index contributed by atoms with van der Waals surface area (Å²) >= 11 is 0. The van der Waals surface area contributed by atoms with E-state index in [4.69, 9.17) is 0 Å².